The minimum atomic E-state index is 0.791. The van der Waals surface area contributed by atoms with Crippen LogP contribution in [-0.2, 0) is 19.4 Å². The Morgan fingerprint density at radius 3 is 2.94 bits per heavy atom. The fourth-order valence-corrected chi connectivity index (χ4v) is 3.09. The Morgan fingerprint density at radius 1 is 1.18 bits per heavy atom. The predicted octanol–water partition coefficient (Wildman–Crippen LogP) is 2.87. The second kappa shape index (κ2) is 4.53. The van der Waals surface area contributed by atoms with Gasteiger partial charge in [0.25, 0.3) is 0 Å². The smallest absolute Gasteiger partial charge is 0.0485 e. The topological polar surface area (TPSA) is 30.9 Å². The van der Waals surface area contributed by atoms with Crippen LogP contribution in [0.1, 0.15) is 30.5 Å². The van der Waals surface area contributed by atoms with E-state index in [-0.39, 0.29) is 0 Å². The van der Waals surface area contributed by atoms with Gasteiger partial charge < -0.3 is 10.3 Å². The molecule has 0 saturated heterocycles. The van der Waals surface area contributed by atoms with Crippen molar-refractivity contribution in [1.29, 1.82) is 0 Å². The van der Waals surface area contributed by atoms with Crippen LogP contribution in [0.2, 0.25) is 0 Å². The Morgan fingerprint density at radius 2 is 2.06 bits per heavy atom. The summed E-state index contributed by atoms with van der Waals surface area (Å²) in [7, 11) is 0. The van der Waals surface area contributed by atoms with Crippen molar-refractivity contribution in [3.05, 3.63) is 35.5 Å². The molecule has 2 N–H and O–H groups in total. The fourth-order valence-electron chi connectivity index (χ4n) is 3.09. The molecule has 17 heavy (non-hydrogen) atoms. The lowest BCUT2D eigenvalue weighted by molar-refractivity contribution is 0.540. The highest BCUT2D eigenvalue weighted by Crippen LogP contribution is 2.31. The zero-order valence-electron chi connectivity index (χ0n) is 10.3. The SMILES string of the molecule is NCCCc1c2n(c3ccccc13)CCCC2. The van der Waals surface area contributed by atoms with Gasteiger partial charge in [-0.15, -0.1) is 0 Å². The number of nitrogens with two attached hydrogens (primary N) is 1. The number of aryl methyl sites for hydroxylation is 2. The molecule has 0 atom stereocenters. The number of benzene rings is 1. The average molecular weight is 228 g/mol. The molecular formula is C15H20N2. The lowest BCUT2D eigenvalue weighted by Gasteiger charge is -2.17. The number of para-hydroxylation sites is 1. The molecule has 0 amide bonds. The Kier molecular flexibility index (Phi) is 2.89. The maximum atomic E-state index is 5.66. The van der Waals surface area contributed by atoms with Gasteiger partial charge in [0, 0.05) is 23.1 Å². The van der Waals surface area contributed by atoms with Crippen LogP contribution in [0, 0.1) is 0 Å². The molecule has 0 unspecified atom stereocenters. The lowest BCUT2D eigenvalue weighted by atomic mass is 10.0. The number of fused-ring (bicyclic) bond motifs is 3. The summed E-state index contributed by atoms with van der Waals surface area (Å²) in [5.74, 6) is 0. The number of hydrogen-bond donors (Lipinski definition) is 1. The summed E-state index contributed by atoms with van der Waals surface area (Å²) in [4.78, 5) is 0. The van der Waals surface area contributed by atoms with Gasteiger partial charge in [-0.1, -0.05) is 18.2 Å². The van der Waals surface area contributed by atoms with Gasteiger partial charge in [0.05, 0.1) is 0 Å². The summed E-state index contributed by atoms with van der Waals surface area (Å²) in [5, 5.41) is 1.46. The van der Waals surface area contributed by atoms with Crippen molar-refractivity contribution in [2.45, 2.75) is 38.6 Å². The molecule has 2 aromatic rings. The summed E-state index contributed by atoms with van der Waals surface area (Å²) >= 11 is 0. The van der Waals surface area contributed by atoms with Gasteiger partial charge in [0.2, 0.25) is 0 Å². The summed E-state index contributed by atoms with van der Waals surface area (Å²) < 4.78 is 2.53. The molecule has 3 rings (SSSR count). The standard InChI is InChI=1S/C15H20N2/c16-10-5-7-13-12-6-1-2-8-14(12)17-11-4-3-9-15(13)17/h1-2,6,8H,3-5,7,9-11,16H2. The quantitative estimate of drug-likeness (QED) is 0.860. The Bertz CT molecular complexity index is 525. The molecule has 1 aromatic carbocycles. The predicted molar refractivity (Wildman–Crippen MR) is 72.3 cm³/mol. The number of nitrogens with zero attached hydrogens (tertiary/aromatic N) is 1. The third-order valence-corrected chi connectivity index (χ3v) is 3.87. The number of aromatic nitrogens is 1. The van der Waals surface area contributed by atoms with Crippen LogP contribution >= 0.6 is 0 Å². The maximum Gasteiger partial charge on any atom is 0.0485 e. The first-order valence-corrected chi connectivity index (χ1v) is 6.71. The van der Waals surface area contributed by atoms with Crippen molar-refractivity contribution < 1.29 is 0 Å². The summed E-state index contributed by atoms with van der Waals surface area (Å²) in [5.41, 5.74) is 10.2. The molecule has 0 spiro atoms. The zero-order valence-corrected chi connectivity index (χ0v) is 10.3. The molecule has 0 radical (unpaired) electrons. The lowest BCUT2D eigenvalue weighted by Crippen LogP contribution is -2.11. The minimum Gasteiger partial charge on any atom is -0.344 e. The van der Waals surface area contributed by atoms with Crippen LogP contribution in [0.25, 0.3) is 10.9 Å². The van der Waals surface area contributed by atoms with E-state index in [9.17, 15) is 0 Å². The molecule has 2 heterocycles. The van der Waals surface area contributed by atoms with Crippen LogP contribution in [-0.4, -0.2) is 11.1 Å². The van der Waals surface area contributed by atoms with E-state index in [1.807, 2.05) is 0 Å². The van der Waals surface area contributed by atoms with Gasteiger partial charge in [-0.05, 0) is 50.3 Å². The molecule has 0 bridgehead atoms. The van der Waals surface area contributed by atoms with E-state index in [0.29, 0.717) is 0 Å². The molecule has 1 aromatic heterocycles. The molecule has 0 aliphatic carbocycles. The summed E-state index contributed by atoms with van der Waals surface area (Å²) in [6.45, 7) is 1.98. The van der Waals surface area contributed by atoms with Crippen molar-refractivity contribution in [2.75, 3.05) is 6.54 Å². The van der Waals surface area contributed by atoms with Crippen molar-refractivity contribution in [3.8, 4) is 0 Å². The Labute approximate surface area is 102 Å². The van der Waals surface area contributed by atoms with E-state index in [1.54, 1.807) is 11.3 Å². The maximum absolute atomic E-state index is 5.66. The fraction of sp³-hybridized carbons (Fsp3) is 0.467. The van der Waals surface area contributed by atoms with Crippen molar-refractivity contribution in [2.24, 2.45) is 5.73 Å². The summed E-state index contributed by atoms with van der Waals surface area (Å²) in [6.07, 6.45) is 6.14. The van der Waals surface area contributed by atoms with Gasteiger partial charge in [-0.2, -0.15) is 0 Å². The molecule has 0 saturated carbocycles. The third kappa shape index (κ3) is 1.77. The van der Waals surface area contributed by atoms with Gasteiger partial charge in [0.1, 0.15) is 0 Å². The molecule has 1 aliphatic heterocycles. The van der Waals surface area contributed by atoms with Crippen molar-refractivity contribution in [3.63, 3.8) is 0 Å². The van der Waals surface area contributed by atoms with Crippen LogP contribution in [0.3, 0.4) is 0 Å². The molecule has 0 fully saturated rings. The molecule has 2 heteroatoms. The van der Waals surface area contributed by atoms with Gasteiger partial charge in [-0.3, -0.25) is 0 Å². The zero-order chi connectivity index (χ0) is 11.7. The molecule has 90 valence electrons. The molecule has 1 aliphatic rings. The van der Waals surface area contributed by atoms with E-state index < -0.39 is 0 Å². The molecule has 2 nitrogen and oxygen atoms in total. The van der Waals surface area contributed by atoms with Gasteiger partial charge >= 0.3 is 0 Å². The Hall–Kier alpha value is -1.28. The largest absolute Gasteiger partial charge is 0.344 e. The first kappa shape index (κ1) is 10.8. The first-order chi connectivity index (χ1) is 8.42. The second-order valence-electron chi connectivity index (χ2n) is 4.94. The minimum absolute atomic E-state index is 0.791. The highest BCUT2D eigenvalue weighted by Gasteiger charge is 2.18. The van der Waals surface area contributed by atoms with Crippen LogP contribution in [0.5, 0.6) is 0 Å². The van der Waals surface area contributed by atoms with E-state index in [4.69, 9.17) is 5.73 Å². The van der Waals surface area contributed by atoms with Crippen LogP contribution < -0.4 is 5.73 Å². The number of hydrogen-bond acceptors (Lipinski definition) is 1. The second-order valence-corrected chi connectivity index (χ2v) is 4.94. The number of rotatable bonds is 3. The van der Waals surface area contributed by atoms with E-state index in [1.165, 1.54) is 36.7 Å². The van der Waals surface area contributed by atoms with Gasteiger partial charge in [0.15, 0.2) is 0 Å². The van der Waals surface area contributed by atoms with E-state index in [0.717, 1.165) is 19.4 Å². The normalized spacial score (nSPS) is 15.1. The third-order valence-electron chi connectivity index (χ3n) is 3.87. The summed E-state index contributed by atoms with van der Waals surface area (Å²) in [6, 6.07) is 8.83. The van der Waals surface area contributed by atoms with Crippen molar-refractivity contribution >= 4 is 10.9 Å². The first-order valence-electron chi connectivity index (χ1n) is 6.71. The van der Waals surface area contributed by atoms with Crippen molar-refractivity contribution in [1.82, 2.24) is 4.57 Å². The van der Waals surface area contributed by atoms with Crippen LogP contribution in [0.15, 0.2) is 24.3 Å². The Balaban J connectivity index is 2.17. The average Bonchev–Trinajstić information content (AvgIpc) is 2.71. The van der Waals surface area contributed by atoms with E-state index in [2.05, 4.69) is 28.8 Å². The highest BCUT2D eigenvalue weighted by molar-refractivity contribution is 5.85. The monoisotopic (exact) mass is 228 g/mol. The van der Waals surface area contributed by atoms with Gasteiger partial charge in [-0.25, -0.2) is 0 Å². The van der Waals surface area contributed by atoms with E-state index >= 15 is 0 Å². The molecular weight excluding hydrogens is 208 g/mol. The highest BCUT2D eigenvalue weighted by atomic mass is 15.0. The van der Waals surface area contributed by atoms with Crippen LogP contribution in [0.4, 0.5) is 0 Å².